The van der Waals surface area contributed by atoms with Crippen molar-refractivity contribution in [3.05, 3.63) is 48.3 Å². The minimum atomic E-state index is -0.174. The Balaban J connectivity index is 2.01. The number of pyridine rings is 1. The van der Waals surface area contributed by atoms with E-state index in [1.54, 1.807) is 18.3 Å². The molecule has 3 N–H and O–H groups in total. The van der Waals surface area contributed by atoms with Crippen molar-refractivity contribution in [1.82, 2.24) is 10.3 Å². The van der Waals surface area contributed by atoms with Gasteiger partial charge in [0.25, 0.3) is 5.91 Å². The molecule has 0 saturated heterocycles. The number of hydrogen-bond acceptors (Lipinski definition) is 4. The van der Waals surface area contributed by atoms with Gasteiger partial charge in [-0.3, -0.25) is 14.6 Å². The first-order chi connectivity index (χ1) is 12.1. The highest BCUT2D eigenvalue weighted by atomic mass is 16.2. The lowest BCUT2D eigenvalue weighted by molar-refractivity contribution is -0.114. The maximum atomic E-state index is 12.1. The Morgan fingerprint density at radius 3 is 2.56 bits per heavy atom. The number of carbonyl (C=O) groups excluding carboxylic acids is 2. The van der Waals surface area contributed by atoms with E-state index in [4.69, 9.17) is 0 Å². The molecular weight excluding hydrogens is 316 g/mol. The number of aromatic nitrogens is 1. The maximum absolute atomic E-state index is 12.1. The molecule has 1 aromatic carbocycles. The second-order valence-electron chi connectivity index (χ2n) is 5.78. The second-order valence-corrected chi connectivity index (χ2v) is 5.78. The van der Waals surface area contributed by atoms with E-state index in [-0.39, 0.29) is 11.8 Å². The number of hydrogen-bond donors (Lipinski definition) is 3. The van der Waals surface area contributed by atoms with Crippen LogP contribution in [0.1, 0.15) is 43.6 Å². The molecule has 6 heteroatoms. The molecule has 1 heterocycles. The van der Waals surface area contributed by atoms with Crippen LogP contribution in [0.25, 0.3) is 0 Å². The third kappa shape index (κ3) is 6.25. The molecule has 25 heavy (non-hydrogen) atoms. The van der Waals surface area contributed by atoms with Crippen molar-refractivity contribution in [3.63, 3.8) is 0 Å². The van der Waals surface area contributed by atoms with Gasteiger partial charge in [0.1, 0.15) is 5.69 Å². The Morgan fingerprint density at radius 2 is 1.80 bits per heavy atom. The van der Waals surface area contributed by atoms with Crippen LogP contribution in [0.15, 0.2) is 42.6 Å². The first-order valence-corrected chi connectivity index (χ1v) is 8.47. The fourth-order valence-corrected chi connectivity index (χ4v) is 2.34. The maximum Gasteiger partial charge on any atom is 0.269 e. The van der Waals surface area contributed by atoms with Crippen LogP contribution in [0.5, 0.6) is 0 Å². The number of carbonyl (C=O) groups is 2. The summed E-state index contributed by atoms with van der Waals surface area (Å²) in [6.07, 6.45) is 4.78. The van der Waals surface area contributed by atoms with Crippen molar-refractivity contribution >= 4 is 28.9 Å². The van der Waals surface area contributed by atoms with Gasteiger partial charge >= 0.3 is 0 Å². The molecule has 0 unspecified atom stereocenters. The van der Waals surface area contributed by atoms with Crippen LogP contribution in [0.4, 0.5) is 17.1 Å². The predicted octanol–water partition coefficient (Wildman–Crippen LogP) is 3.70. The van der Waals surface area contributed by atoms with E-state index in [9.17, 15) is 9.59 Å². The van der Waals surface area contributed by atoms with Gasteiger partial charge < -0.3 is 16.0 Å². The summed E-state index contributed by atoms with van der Waals surface area (Å²) in [7, 11) is 0. The zero-order valence-electron chi connectivity index (χ0n) is 14.6. The van der Waals surface area contributed by atoms with Gasteiger partial charge in [-0.05, 0) is 36.8 Å². The Hall–Kier alpha value is -2.89. The van der Waals surface area contributed by atoms with Gasteiger partial charge in [-0.2, -0.15) is 0 Å². The zero-order chi connectivity index (χ0) is 18.1. The summed E-state index contributed by atoms with van der Waals surface area (Å²) < 4.78 is 0. The monoisotopic (exact) mass is 340 g/mol. The first-order valence-electron chi connectivity index (χ1n) is 8.47. The number of unbranched alkanes of at least 4 members (excludes halogenated alkanes) is 2. The lowest BCUT2D eigenvalue weighted by Crippen LogP contribution is -2.25. The van der Waals surface area contributed by atoms with Crippen LogP contribution in [-0.4, -0.2) is 23.3 Å². The molecule has 0 aliphatic heterocycles. The highest BCUT2D eigenvalue weighted by Crippen LogP contribution is 2.20. The van der Waals surface area contributed by atoms with E-state index in [0.717, 1.165) is 30.6 Å². The van der Waals surface area contributed by atoms with Gasteiger partial charge in [-0.25, -0.2) is 0 Å². The van der Waals surface area contributed by atoms with Gasteiger partial charge in [-0.15, -0.1) is 0 Å². The van der Waals surface area contributed by atoms with Crippen molar-refractivity contribution in [1.29, 1.82) is 0 Å². The van der Waals surface area contributed by atoms with E-state index < -0.39 is 0 Å². The zero-order valence-corrected chi connectivity index (χ0v) is 14.6. The topological polar surface area (TPSA) is 83.1 Å². The summed E-state index contributed by atoms with van der Waals surface area (Å²) >= 11 is 0. The van der Waals surface area contributed by atoms with Gasteiger partial charge in [0, 0.05) is 36.7 Å². The summed E-state index contributed by atoms with van der Waals surface area (Å²) in [4.78, 5) is 27.4. The summed E-state index contributed by atoms with van der Waals surface area (Å²) in [5, 5.41) is 8.84. The second kappa shape index (κ2) is 9.42. The molecular formula is C19H24N4O2. The smallest absolute Gasteiger partial charge is 0.269 e. The molecule has 0 aliphatic carbocycles. The van der Waals surface area contributed by atoms with Crippen molar-refractivity contribution in [2.75, 3.05) is 17.2 Å². The van der Waals surface area contributed by atoms with Crippen molar-refractivity contribution < 1.29 is 9.59 Å². The van der Waals surface area contributed by atoms with Gasteiger partial charge in [0.2, 0.25) is 5.91 Å². The van der Waals surface area contributed by atoms with Crippen molar-refractivity contribution in [3.8, 4) is 0 Å². The fraction of sp³-hybridized carbons (Fsp3) is 0.316. The van der Waals surface area contributed by atoms with Crippen LogP contribution >= 0.6 is 0 Å². The molecule has 0 fully saturated rings. The third-order valence-electron chi connectivity index (χ3n) is 3.53. The molecule has 2 aromatic rings. The van der Waals surface area contributed by atoms with Crippen LogP contribution < -0.4 is 16.0 Å². The summed E-state index contributed by atoms with van der Waals surface area (Å²) in [5.41, 5.74) is 2.65. The minimum absolute atomic E-state index is 0.122. The number of anilines is 3. The van der Waals surface area contributed by atoms with Gasteiger partial charge in [0.15, 0.2) is 0 Å². The Bertz CT molecular complexity index is 731. The van der Waals surface area contributed by atoms with E-state index in [1.807, 2.05) is 24.3 Å². The molecule has 0 bridgehead atoms. The first kappa shape index (κ1) is 18.4. The molecule has 0 saturated carbocycles. The van der Waals surface area contributed by atoms with Gasteiger partial charge in [-0.1, -0.05) is 25.8 Å². The average Bonchev–Trinajstić information content (AvgIpc) is 2.58. The molecule has 0 aliphatic rings. The van der Waals surface area contributed by atoms with E-state index in [0.29, 0.717) is 17.9 Å². The normalized spacial score (nSPS) is 10.2. The van der Waals surface area contributed by atoms with Crippen LogP contribution in [0.3, 0.4) is 0 Å². The Kier molecular flexibility index (Phi) is 6.95. The molecule has 0 atom stereocenters. The standard InChI is InChI=1S/C19H24N4O2/c1-3-4-5-10-21-19(25)18-13-17(9-11-20-18)23-16-8-6-7-15(12-16)22-14(2)24/h6-9,11-13H,3-5,10H2,1-2H3,(H,20,23)(H,21,25)(H,22,24). The van der Waals surface area contributed by atoms with E-state index in [1.165, 1.54) is 6.92 Å². The molecule has 132 valence electrons. The Morgan fingerprint density at radius 1 is 1.04 bits per heavy atom. The van der Waals surface area contributed by atoms with Crippen LogP contribution in [0, 0.1) is 0 Å². The molecule has 6 nitrogen and oxygen atoms in total. The molecule has 2 amide bonds. The predicted molar refractivity (Wildman–Crippen MR) is 100 cm³/mol. The number of nitrogens with one attached hydrogen (secondary N) is 3. The summed E-state index contributed by atoms with van der Waals surface area (Å²) in [5.74, 6) is -0.296. The van der Waals surface area contributed by atoms with Crippen LogP contribution in [0.2, 0.25) is 0 Å². The third-order valence-corrected chi connectivity index (χ3v) is 3.53. The minimum Gasteiger partial charge on any atom is -0.355 e. The van der Waals surface area contributed by atoms with Crippen LogP contribution in [-0.2, 0) is 4.79 Å². The number of nitrogens with zero attached hydrogens (tertiary/aromatic N) is 1. The number of amides is 2. The average molecular weight is 340 g/mol. The molecule has 0 spiro atoms. The fourth-order valence-electron chi connectivity index (χ4n) is 2.34. The Labute approximate surface area is 148 Å². The molecule has 2 rings (SSSR count). The van der Waals surface area contributed by atoms with E-state index in [2.05, 4.69) is 27.9 Å². The molecule has 0 radical (unpaired) electrons. The van der Waals surface area contributed by atoms with Crippen molar-refractivity contribution in [2.45, 2.75) is 33.1 Å². The number of benzene rings is 1. The lowest BCUT2D eigenvalue weighted by atomic mass is 10.2. The highest BCUT2D eigenvalue weighted by molar-refractivity contribution is 5.93. The van der Waals surface area contributed by atoms with E-state index >= 15 is 0 Å². The summed E-state index contributed by atoms with van der Waals surface area (Å²) in [6.45, 7) is 4.25. The SMILES string of the molecule is CCCCCNC(=O)c1cc(Nc2cccc(NC(C)=O)c2)ccn1. The summed E-state index contributed by atoms with van der Waals surface area (Å²) in [6, 6.07) is 10.9. The highest BCUT2D eigenvalue weighted by Gasteiger charge is 2.07. The lowest BCUT2D eigenvalue weighted by Gasteiger charge is -2.10. The van der Waals surface area contributed by atoms with Crippen molar-refractivity contribution in [2.24, 2.45) is 0 Å². The quantitative estimate of drug-likeness (QED) is 0.640. The molecule has 1 aromatic heterocycles. The largest absolute Gasteiger partial charge is 0.355 e. The number of rotatable bonds is 8. The van der Waals surface area contributed by atoms with Gasteiger partial charge in [0.05, 0.1) is 0 Å².